The van der Waals surface area contributed by atoms with E-state index in [0.717, 1.165) is 10.1 Å². The second-order valence-corrected chi connectivity index (χ2v) is 7.39. The van der Waals surface area contributed by atoms with Crippen LogP contribution in [0.15, 0.2) is 46.1 Å². The molecule has 0 spiro atoms. The first-order valence-corrected chi connectivity index (χ1v) is 9.19. The van der Waals surface area contributed by atoms with Gasteiger partial charge in [-0.2, -0.15) is 0 Å². The molecular weight excluding hydrogens is 380 g/mol. The van der Waals surface area contributed by atoms with Crippen LogP contribution in [0.3, 0.4) is 0 Å². The summed E-state index contributed by atoms with van der Waals surface area (Å²) in [4.78, 5) is 43.6. The molecule has 0 aliphatic rings. The van der Waals surface area contributed by atoms with E-state index < -0.39 is 11.2 Å². The Kier molecular flexibility index (Phi) is 5.38. The van der Waals surface area contributed by atoms with Gasteiger partial charge in [-0.1, -0.05) is 23.7 Å². The van der Waals surface area contributed by atoms with Gasteiger partial charge in [0.2, 0.25) is 0 Å². The van der Waals surface area contributed by atoms with Crippen molar-refractivity contribution in [2.45, 2.75) is 26.4 Å². The van der Waals surface area contributed by atoms with Crippen LogP contribution in [0, 0.1) is 0 Å². The van der Waals surface area contributed by atoms with Crippen LogP contribution in [0.4, 0.5) is 0 Å². The number of amides is 1. The lowest BCUT2D eigenvalue weighted by molar-refractivity contribution is 0.0690. The fraction of sp³-hybridized carbons (Fsp3) is 0.300. The van der Waals surface area contributed by atoms with Crippen molar-refractivity contribution >= 4 is 28.5 Å². The Morgan fingerprint density at radius 1 is 1.18 bits per heavy atom. The van der Waals surface area contributed by atoms with Crippen molar-refractivity contribution in [3.63, 3.8) is 0 Å². The second-order valence-electron chi connectivity index (χ2n) is 6.96. The summed E-state index contributed by atoms with van der Waals surface area (Å²) in [7, 11) is 2.94. The Bertz CT molecular complexity index is 1180. The molecule has 0 fully saturated rings. The number of rotatable bonds is 4. The molecule has 0 saturated heterocycles. The summed E-state index contributed by atoms with van der Waals surface area (Å²) >= 11 is 6.05. The van der Waals surface area contributed by atoms with Crippen molar-refractivity contribution in [1.82, 2.24) is 19.0 Å². The fourth-order valence-electron chi connectivity index (χ4n) is 3.07. The molecule has 1 amide bonds. The third kappa shape index (κ3) is 3.57. The van der Waals surface area contributed by atoms with Gasteiger partial charge in [0.15, 0.2) is 0 Å². The number of benzene rings is 1. The second kappa shape index (κ2) is 7.59. The highest BCUT2D eigenvalue weighted by Gasteiger charge is 2.21. The van der Waals surface area contributed by atoms with E-state index >= 15 is 0 Å². The molecule has 0 aliphatic carbocycles. The number of pyridine rings is 1. The van der Waals surface area contributed by atoms with Gasteiger partial charge in [-0.15, -0.1) is 0 Å². The summed E-state index contributed by atoms with van der Waals surface area (Å²) in [6, 6.07) is 8.75. The maximum absolute atomic E-state index is 13.1. The Morgan fingerprint density at radius 2 is 1.89 bits per heavy atom. The first-order chi connectivity index (χ1) is 13.2. The Morgan fingerprint density at radius 3 is 2.54 bits per heavy atom. The lowest BCUT2D eigenvalue weighted by Gasteiger charge is -2.27. The molecule has 0 aliphatic heterocycles. The normalized spacial score (nSPS) is 11.2. The van der Waals surface area contributed by atoms with Crippen LogP contribution in [0.25, 0.3) is 11.0 Å². The molecule has 0 bridgehead atoms. The van der Waals surface area contributed by atoms with Crippen LogP contribution in [0.5, 0.6) is 0 Å². The first kappa shape index (κ1) is 19.8. The Hall–Kier alpha value is -2.93. The number of aryl methyl sites for hydroxylation is 1. The van der Waals surface area contributed by atoms with Crippen molar-refractivity contribution in [3.8, 4) is 0 Å². The van der Waals surface area contributed by atoms with Gasteiger partial charge in [0.25, 0.3) is 11.5 Å². The SMILES string of the molecule is CC(C)N(Cc1cccc(Cl)c1)C(=O)c1cnc2c(c1)c(=O)n(C)c(=O)n2C. The molecule has 0 radical (unpaired) electrons. The summed E-state index contributed by atoms with van der Waals surface area (Å²) in [6.07, 6.45) is 1.40. The topological polar surface area (TPSA) is 77.2 Å². The van der Waals surface area contributed by atoms with Crippen LogP contribution in [-0.4, -0.2) is 31.0 Å². The summed E-state index contributed by atoms with van der Waals surface area (Å²) in [5.41, 5.74) is 0.496. The van der Waals surface area contributed by atoms with Gasteiger partial charge in [-0.05, 0) is 37.6 Å². The van der Waals surface area contributed by atoms with Crippen molar-refractivity contribution in [2.75, 3.05) is 0 Å². The van der Waals surface area contributed by atoms with Gasteiger partial charge < -0.3 is 4.90 Å². The van der Waals surface area contributed by atoms with E-state index in [1.807, 2.05) is 32.0 Å². The minimum absolute atomic E-state index is 0.0786. The molecule has 2 aromatic heterocycles. The van der Waals surface area contributed by atoms with Gasteiger partial charge in [-0.3, -0.25) is 18.7 Å². The number of fused-ring (bicyclic) bond motifs is 1. The first-order valence-electron chi connectivity index (χ1n) is 8.82. The van der Waals surface area contributed by atoms with Crippen LogP contribution in [0.1, 0.15) is 29.8 Å². The molecule has 0 atom stereocenters. The lowest BCUT2D eigenvalue weighted by atomic mass is 10.1. The van der Waals surface area contributed by atoms with Crippen LogP contribution >= 0.6 is 11.6 Å². The summed E-state index contributed by atoms with van der Waals surface area (Å²) in [6.45, 7) is 4.21. The maximum atomic E-state index is 13.1. The molecule has 7 nitrogen and oxygen atoms in total. The predicted molar refractivity (Wildman–Crippen MR) is 109 cm³/mol. The van der Waals surface area contributed by atoms with Crippen molar-refractivity contribution in [2.24, 2.45) is 14.1 Å². The van der Waals surface area contributed by atoms with E-state index in [9.17, 15) is 14.4 Å². The monoisotopic (exact) mass is 400 g/mol. The van der Waals surface area contributed by atoms with Crippen molar-refractivity contribution < 1.29 is 4.79 Å². The molecule has 0 N–H and O–H groups in total. The third-order valence-corrected chi connectivity index (χ3v) is 4.90. The Labute approximate surface area is 166 Å². The van der Waals surface area contributed by atoms with E-state index in [4.69, 9.17) is 11.6 Å². The fourth-order valence-corrected chi connectivity index (χ4v) is 3.28. The number of carbonyl (C=O) groups is 1. The molecule has 28 heavy (non-hydrogen) atoms. The van der Waals surface area contributed by atoms with Crippen LogP contribution < -0.4 is 11.2 Å². The molecule has 3 aromatic rings. The van der Waals surface area contributed by atoms with Crippen LogP contribution in [-0.2, 0) is 20.6 Å². The molecule has 2 heterocycles. The predicted octanol–water partition coefficient (Wildman–Crippen LogP) is 2.34. The van der Waals surface area contributed by atoms with E-state index in [2.05, 4.69) is 4.98 Å². The quantitative estimate of drug-likeness (QED) is 0.673. The van der Waals surface area contributed by atoms with E-state index in [1.165, 1.54) is 30.9 Å². The lowest BCUT2D eigenvalue weighted by Crippen LogP contribution is -2.38. The minimum Gasteiger partial charge on any atom is -0.332 e. The van der Waals surface area contributed by atoms with Gasteiger partial charge in [-0.25, -0.2) is 9.78 Å². The summed E-state index contributed by atoms with van der Waals surface area (Å²) in [5.74, 6) is -0.250. The average Bonchev–Trinajstić information content (AvgIpc) is 2.67. The zero-order chi connectivity index (χ0) is 20.6. The summed E-state index contributed by atoms with van der Waals surface area (Å²) < 4.78 is 2.29. The van der Waals surface area contributed by atoms with Gasteiger partial charge in [0, 0.05) is 37.9 Å². The smallest absolute Gasteiger partial charge is 0.332 e. The van der Waals surface area contributed by atoms with Gasteiger partial charge >= 0.3 is 5.69 Å². The van der Waals surface area contributed by atoms with Crippen molar-refractivity contribution in [1.29, 1.82) is 0 Å². The molecule has 8 heteroatoms. The summed E-state index contributed by atoms with van der Waals surface area (Å²) in [5, 5.41) is 0.826. The van der Waals surface area contributed by atoms with E-state index in [-0.39, 0.29) is 23.0 Å². The maximum Gasteiger partial charge on any atom is 0.332 e. The largest absolute Gasteiger partial charge is 0.332 e. The molecular formula is C20H21ClN4O3. The van der Waals surface area contributed by atoms with Crippen molar-refractivity contribution in [3.05, 3.63) is 73.5 Å². The number of hydrogen-bond donors (Lipinski definition) is 0. The number of hydrogen-bond acceptors (Lipinski definition) is 4. The zero-order valence-electron chi connectivity index (χ0n) is 16.1. The number of halogens is 1. The number of nitrogens with zero attached hydrogens (tertiary/aromatic N) is 4. The van der Waals surface area contributed by atoms with Crippen LogP contribution in [0.2, 0.25) is 5.02 Å². The van der Waals surface area contributed by atoms with E-state index in [1.54, 1.807) is 11.0 Å². The standard InChI is InChI=1S/C20H21ClN4O3/c1-12(2)25(11-13-6-5-7-15(21)8-13)18(26)14-9-16-17(22-10-14)23(3)20(28)24(4)19(16)27/h5-10,12H,11H2,1-4H3. The highest BCUT2D eigenvalue weighted by molar-refractivity contribution is 6.30. The molecule has 3 rings (SSSR count). The number of aromatic nitrogens is 3. The minimum atomic E-state index is -0.480. The highest BCUT2D eigenvalue weighted by Crippen LogP contribution is 2.17. The molecule has 1 aromatic carbocycles. The average molecular weight is 401 g/mol. The third-order valence-electron chi connectivity index (χ3n) is 4.67. The van der Waals surface area contributed by atoms with E-state index in [0.29, 0.717) is 17.1 Å². The van der Waals surface area contributed by atoms with Gasteiger partial charge in [0.05, 0.1) is 10.9 Å². The molecule has 0 saturated carbocycles. The zero-order valence-corrected chi connectivity index (χ0v) is 16.9. The van der Waals surface area contributed by atoms with Gasteiger partial charge in [0.1, 0.15) is 5.65 Å². The molecule has 0 unspecified atom stereocenters. The Balaban J connectivity index is 2.05. The number of carbonyl (C=O) groups excluding carboxylic acids is 1. The highest BCUT2D eigenvalue weighted by atomic mass is 35.5. The molecule has 146 valence electrons.